The molecule has 2 fully saturated rings. The number of aromatic amines is 1. The van der Waals surface area contributed by atoms with Gasteiger partial charge in [-0.05, 0) is 90.5 Å². The average molecular weight is 475 g/mol. The molecule has 2 aromatic carbocycles. The number of hydrogen-bond acceptors (Lipinski definition) is 3. The molecule has 1 saturated heterocycles. The van der Waals surface area contributed by atoms with Crippen molar-refractivity contribution < 1.29 is 18.7 Å². The highest BCUT2D eigenvalue weighted by Crippen LogP contribution is 2.60. The van der Waals surface area contributed by atoms with Gasteiger partial charge in [-0.1, -0.05) is 20.8 Å². The molecule has 0 bridgehead atoms. The van der Waals surface area contributed by atoms with Gasteiger partial charge in [-0.25, -0.2) is 9.29 Å². The van der Waals surface area contributed by atoms with Crippen molar-refractivity contribution in [3.63, 3.8) is 0 Å². The van der Waals surface area contributed by atoms with E-state index in [4.69, 9.17) is 4.74 Å². The second-order valence-electron chi connectivity index (χ2n) is 11.5. The van der Waals surface area contributed by atoms with Crippen LogP contribution >= 0.6 is 0 Å². The number of nitrogens with zero attached hydrogens (tertiary/aromatic N) is 1. The molecule has 0 unspecified atom stereocenters. The van der Waals surface area contributed by atoms with Crippen LogP contribution < -0.4 is 9.64 Å². The molecule has 6 heteroatoms. The van der Waals surface area contributed by atoms with Crippen LogP contribution in [-0.2, 0) is 9.59 Å². The van der Waals surface area contributed by atoms with Crippen LogP contribution in [0, 0.1) is 29.0 Å². The second kappa shape index (κ2) is 7.67. The fourth-order valence-corrected chi connectivity index (χ4v) is 7.01. The van der Waals surface area contributed by atoms with Crippen molar-refractivity contribution in [1.82, 2.24) is 4.98 Å². The first-order chi connectivity index (χ1) is 16.7. The lowest BCUT2D eigenvalue weighted by molar-refractivity contribution is -0.123. The van der Waals surface area contributed by atoms with Crippen LogP contribution in [0.5, 0.6) is 5.75 Å². The predicted octanol–water partition coefficient (Wildman–Crippen LogP) is 6.15. The van der Waals surface area contributed by atoms with Crippen LogP contribution in [0.2, 0.25) is 0 Å². The molecular formula is C29H31FN2O3. The number of carbonyl (C=O) groups is 2. The number of fused-ring (bicyclic) bond motifs is 8. The average Bonchev–Trinajstić information content (AvgIpc) is 3.33. The zero-order valence-corrected chi connectivity index (χ0v) is 20.6. The summed E-state index contributed by atoms with van der Waals surface area (Å²) in [6.07, 6.45) is 2.90. The van der Waals surface area contributed by atoms with E-state index in [9.17, 15) is 14.0 Å². The zero-order valence-electron chi connectivity index (χ0n) is 20.6. The Morgan fingerprint density at radius 3 is 2.46 bits per heavy atom. The summed E-state index contributed by atoms with van der Waals surface area (Å²) in [6.45, 7) is 6.78. The van der Waals surface area contributed by atoms with E-state index < -0.39 is 11.8 Å². The number of methoxy groups -OCH3 is 1. The van der Waals surface area contributed by atoms with Crippen LogP contribution in [0.4, 0.5) is 10.1 Å². The fraction of sp³-hybridized carbons (Fsp3) is 0.448. The summed E-state index contributed by atoms with van der Waals surface area (Å²) in [4.78, 5) is 32.8. The second-order valence-corrected chi connectivity index (χ2v) is 11.5. The SMILES string of the molecule is COc1ccc(N2C(=O)[C@@H]3[C@@H]4C[C@H](C(C)(C)C)CC[C@H]4c4c([nH]c5ccc(F)cc45)[C@H]3C2=O)cc1. The Morgan fingerprint density at radius 2 is 1.77 bits per heavy atom. The van der Waals surface area contributed by atoms with E-state index in [1.54, 1.807) is 43.5 Å². The van der Waals surface area contributed by atoms with Gasteiger partial charge in [0, 0.05) is 16.6 Å². The topological polar surface area (TPSA) is 62.4 Å². The molecule has 182 valence electrons. The lowest BCUT2D eigenvalue weighted by atomic mass is 9.56. The van der Waals surface area contributed by atoms with E-state index >= 15 is 0 Å². The van der Waals surface area contributed by atoms with Crippen molar-refractivity contribution in [3.05, 3.63) is 59.5 Å². The number of anilines is 1. The van der Waals surface area contributed by atoms with E-state index in [1.165, 1.54) is 11.0 Å². The lowest BCUT2D eigenvalue weighted by Gasteiger charge is -2.47. The third-order valence-corrected chi connectivity index (χ3v) is 8.78. The minimum Gasteiger partial charge on any atom is -0.497 e. The number of nitrogens with one attached hydrogen (secondary N) is 1. The number of amides is 2. The van der Waals surface area contributed by atoms with Crippen molar-refractivity contribution in [3.8, 4) is 5.75 Å². The smallest absolute Gasteiger partial charge is 0.243 e. The molecule has 1 N–H and O–H groups in total. The third-order valence-electron chi connectivity index (χ3n) is 8.78. The van der Waals surface area contributed by atoms with Gasteiger partial charge in [0.25, 0.3) is 0 Å². The molecule has 1 saturated carbocycles. The van der Waals surface area contributed by atoms with Gasteiger partial charge in [0.1, 0.15) is 11.6 Å². The molecule has 3 aromatic rings. The summed E-state index contributed by atoms with van der Waals surface area (Å²) in [7, 11) is 1.59. The molecule has 1 aromatic heterocycles. The number of ether oxygens (including phenoxy) is 1. The van der Waals surface area contributed by atoms with E-state index in [0.29, 0.717) is 17.4 Å². The maximum Gasteiger partial charge on any atom is 0.243 e. The number of H-pyrrole nitrogens is 1. The van der Waals surface area contributed by atoms with Crippen molar-refractivity contribution >= 4 is 28.4 Å². The molecule has 2 aliphatic carbocycles. The van der Waals surface area contributed by atoms with Gasteiger partial charge in [0.2, 0.25) is 11.8 Å². The van der Waals surface area contributed by atoms with Crippen LogP contribution in [0.25, 0.3) is 10.9 Å². The molecule has 0 radical (unpaired) electrons. The van der Waals surface area contributed by atoms with Crippen LogP contribution in [0.3, 0.4) is 0 Å². The Kier molecular flexibility index (Phi) is 4.89. The number of imide groups is 1. The molecule has 2 amide bonds. The molecular weight excluding hydrogens is 443 g/mol. The van der Waals surface area contributed by atoms with E-state index in [1.807, 2.05) is 0 Å². The number of aromatic nitrogens is 1. The molecule has 6 rings (SSSR count). The van der Waals surface area contributed by atoms with E-state index in [-0.39, 0.29) is 34.9 Å². The third kappa shape index (κ3) is 3.25. The molecule has 0 spiro atoms. The van der Waals surface area contributed by atoms with E-state index in [0.717, 1.165) is 41.4 Å². The Bertz CT molecular complexity index is 1340. The number of carbonyl (C=O) groups excluding carboxylic acids is 2. The van der Waals surface area contributed by atoms with Gasteiger partial charge < -0.3 is 9.72 Å². The summed E-state index contributed by atoms with van der Waals surface area (Å²) in [5.74, 6) is -0.271. The summed E-state index contributed by atoms with van der Waals surface area (Å²) < 4.78 is 19.6. The van der Waals surface area contributed by atoms with Gasteiger partial charge in [-0.15, -0.1) is 0 Å². The minimum atomic E-state index is -0.574. The van der Waals surface area contributed by atoms with Gasteiger partial charge in [-0.3, -0.25) is 9.59 Å². The van der Waals surface area contributed by atoms with Crippen molar-refractivity contribution in [2.24, 2.45) is 23.2 Å². The summed E-state index contributed by atoms with van der Waals surface area (Å²) in [6, 6.07) is 11.9. The molecule has 1 aliphatic heterocycles. The van der Waals surface area contributed by atoms with Gasteiger partial charge in [-0.2, -0.15) is 0 Å². The summed E-state index contributed by atoms with van der Waals surface area (Å²) in [5.41, 5.74) is 3.38. The van der Waals surface area contributed by atoms with Crippen molar-refractivity contribution in [1.29, 1.82) is 0 Å². The standard InChI is InChI=1S/C29H31FN2O3/c1-29(2,3)15-5-11-19-20(13-15)24-25(26-23(19)21-14-16(30)6-12-22(21)31-26)28(34)32(27(24)33)17-7-9-18(35-4)10-8-17/h6-10,12,14-15,19-20,24-25,31H,5,11,13H2,1-4H3/t15-,19-,20-,24-,25+/m1/s1. The van der Waals surface area contributed by atoms with E-state index in [2.05, 4.69) is 25.8 Å². The fourth-order valence-electron chi connectivity index (χ4n) is 7.01. The predicted molar refractivity (Wildman–Crippen MR) is 133 cm³/mol. The highest BCUT2D eigenvalue weighted by molar-refractivity contribution is 6.24. The van der Waals surface area contributed by atoms with Crippen LogP contribution in [0.1, 0.15) is 63.1 Å². The monoisotopic (exact) mass is 474 g/mol. The molecule has 2 heterocycles. The van der Waals surface area contributed by atoms with Gasteiger partial charge in [0.05, 0.1) is 24.6 Å². The highest BCUT2D eigenvalue weighted by atomic mass is 19.1. The van der Waals surface area contributed by atoms with Crippen molar-refractivity contribution in [2.45, 2.75) is 51.9 Å². The summed E-state index contributed by atoms with van der Waals surface area (Å²) >= 11 is 0. The van der Waals surface area contributed by atoms with Crippen LogP contribution in [-0.4, -0.2) is 23.9 Å². The number of rotatable bonds is 2. The Labute approximate surface area is 204 Å². The van der Waals surface area contributed by atoms with Gasteiger partial charge in [0.15, 0.2) is 0 Å². The maximum absolute atomic E-state index is 14.3. The van der Waals surface area contributed by atoms with Crippen molar-refractivity contribution in [2.75, 3.05) is 12.0 Å². The minimum absolute atomic E-state index is 0.0486. The number of hydrogen-bond donors (Lipinski definition) is 1. The molecule has 5 nitrogen and oxygen atoms in total. The summed E-state index contributed by atoms with van der Waals surface area (Å²) in [5, 5.41) is 0.853. The molecule has 5 atom stereocenters. The molecule has 3 aliphatic rings. The Hall–Kier alpha value is -3.15. The number of halogens is 1. The first-order valence-corrected chi connectivity index (χ1v) is 12.5. The highest BCUT2D eigenvalue weighted by Gasteiger charge is 2.59. The normalized spacial score (nSPS) is 28.1. The maximum atomic E-state index is 14.3. The Balaban J connectivity index is 1.51. The molecule has 35 heavy (non-hydrogen) atoms. The number of benzene rings is 2. The van der Waals surface area contributed by atoms with Gasteiger partial charge >= 0.3 is 0 Å². The first kappa shape index (κ1) is 22.3. The van der Waals surface area contributed by atoms with Crippen LogP contribution in [0.15, 0.2) is 42.5 Å². The Morgan fingerprint density at radius 1 is 1.03 bits per heavy atom. The first-order valence-electron chi connectivity index (χ1n) is 12.5. The largest absolute Gasteiger partial charge is 0.497 e. The quantitative estimate of drug-likeness (QED) is 0.453. The lowest BCUT2D eigenvalue weighted by Crippen LogP contribution is -2.41. The zero-order chi connectivity index (χ0) is 24.6.